The Morgan fingerprint density at radius 1 is 0.512 bits per heavy atom. The normalized spacial score (nSPS) is 23.0. The van der Waals surface area contributed by atoms with Crippen LogP contribution in [0.3, 0.4) is 0 Å². The molecule has 2 heterocycles. The summed E-state index contributed by atoms with van der Waals surface area (Å²) in [5, 5.41) is 21.1. The third-order valence-corrected chi connectivity index (χ3v) is 15.7. The van der Waals surface area contributed by atoms with Gasteiger partial charge in [0.25, 0.3) is 0 Å². The zero-order chi connectivity index (χ0) is 61.5. The minimum atomic E-state index is -1.69. The molecule has 0 spiro atoms. The molecule has 8 rings (SSSR count). The maximum Gasteiger partial charge on any atom is 0.327 e. The van der Waals surface area contributed by atoms with E-state index in [0.717, 1.165) is 47.9 Å². The van der Waals surface area contributed by atoms with Crippen molar-refractivity contribution in [3.8, 4) is 0 Å². The van der Waals surface area contributed by atoms with Crippen LogP contribution in [0.1, 0.15) is 94.7 Å². The Morgan fingerprint density at radius 3 is 1.23 bits per heavy atom. The van der Waals surface area contributed by atoms with Gasteiger partial charge in [-0.05, 0) is 94.6 Å². The smallest absolute Gasteiger partial charge is 0.327 e. The molecule has 6 aromatic rings. The van der Waals surface area contributed by atoms with Crippen LogP contribution in [-0.2, 0) is 85.9 Å². The van der Waals surface area contributed by atoms with E-state index < -0.39 is 18.5 Å². The number of aliphatic hydroxyl groups excluding tert-OH is 1. The fourth-order valence-corrected chi connectivity index (χ4v) is 10.7. The van der Waals surface area contributed by atoms with Gasteiger partial charge in [-0.1, -0.05) is 224 Å². The lowest BCUT2D eigenvalue weighted by Gasteiger charge is -2.50. The van der Waals surface area contributed by atoms with Crippen molar-refractivity contribution in [2.75, 3.05) is 13.2 Å². The average molecular weight is 1200 g/mol. The minimum absolute atomic E-state index is 0.0498. The summed E-state index contributed by atoms with van der Waals surface area (Å²) in [6.45, 7) is 16.1. The molecule has 18 heteroatoms. The number of rotatable bonds is 23. The number of carbonyl (C=O) groups is 1. The Balaban J connectivity index is 0.000000318. The zero-order valence-corrected chi connectivity index (χ0v) is 51.0. The average Bonchev–Trinajstić information content (AvgIpc) is 2.53. The lowest BCUT2D eigenvalue weighted by Crippen LogP contribution is -2.62. The fourth-order valence-electron chi connectivity index (χ4n) is 10.3. The topological polar surface area (TPSA) is 225 Å². The first-order valence-corrected chi connectivity index (χ1v) is 29.7. The number of aryl methyl sites for hydroxylation is 2. The molecule has 0 aromatic heterocycles. The highest BCUT2D eigenvalue weighted by Gasteiger charge is 2.52. The van der Waals surface area contributed by atoms with Crippen LogP contribution in [0.2, 0.25) is 0 Å². The Labute approximate surface area is 499 Å². The molecule has 16 nitrogen and oxygen atoms in total. The van der Waals surface area contributed by atoms with E-state index in [1.807, 2.05) is 115 Å². The standard InChI is InChI=1S/C27H36O4.C25H34O4.2C7H7O2P.2O2/c1-19(15-16-23-11-7-5-8-12-23)26-20(2)21(3)27(25(31-26)18-29-22(4)28)30-17-24-13-9-6-10-14-24;1-18(14-15-21-10-6-4-7-11-21)23-19(2)20(3)24(25(27,17-26)29-23)28-16-22-12-8-5-9-13-22;2*8-10-9-6-7-4-2-1-3-5-7;2*1-2/h5-14,19-21,25-27H,15-18H2,1-4H3;4-13,18-20,23-24,26-27H,14-17H2,1-3H3;2*1-5H,6H2;;/t19-,20+,21+,25+,26?,27?;18-,19+,20+,23?,24?,25+;;;;/m11..../s1. The Kier molecular flexibility index (Phi) is 35.9. The molecule has 84 heavy (non-hydrogen) atoms. The maximum absolute atomic E-state index is 11.5. The SMILES string of the molecule is CC(=O)OC[C@@H]1OC([C@H](C)CCc2ccccc2)[C@@H](C)[C@H](C)C1OCc1ccccc1.C[C@H](CCc1ccccc1)C1O[C@@](O)(CO)C(OCc2ccccc2)[C@@H](C)[C@@H]1C.O=O.O=O.O=POCc1ccccc1.O=POCc1ccccc1. The number of carbonyl (C=O) groups excluding carboxylic acids is 1. The summed E-state index contributed by atoms with van der Waals surface area (Å²) in [5.74, 6) is -0.435. The summed E-state index contributed by atoms with van der Waals surface area (Å²) in [7, 11) is -0.520. The summed E-state index contributed by atoms with van der Waals surface area (Å²) in [6, 6.07) is 60.2. The van der Waals surface area contributed by atoms with Crippen LogP contribution < -0.4 is 0 Å². The summed E-state index contributed by atoms with van der Waals surface area (Å²) >= 11 is 0. The molecule has 2 aliphatic rings. The van der Waals surface area contributed by atoms with Crippen LogP contribution in [0.5, 0.6) is 0 Å². The van der Waals surface area contributed by atoms with E-state index in [1.54, 1.807) is 0 Å². The Bertz CT molecular complexity index is 2580. The quantitative estimate of drug-likeness (QED) is 0.0449. The van der Waals surface area contributed by atoms with Gasteiger partial charge in [-0.2, -0.15) is 0 Å². The van der Waals surface area contributed by atoms with Gasteiger partial charge in [0.05, 0.1) is 51.3 Å². The Hall–Kier alpha value is -6.13. The van der Waals surface area contributed by atoms with Crippen molar-refractivity contribution >= 4 is 23.3 Å². The maximum atomic E-state index is 11.5. The summed E-state index contributed by atoms with van der Waals surface area (Å²) in [5.41, 5.74) is 6.89. The minimum Gasteiger partial charge on any atom is -0.463 e. The van der Waals surface area contributed by atoms with Crippen molar-refractivity contribution in [3.63, 3.8) is 0 Å². The highest BCUT2D eigenvalue weighted by molar-refractivity contribution is 7.17. The van der Waals surface area contributed by atoms with Crippen LogP contribution in [0.4, 0.5) is 0 Å². The highest BCUT2D eigenvalue weighted by atomic mass is 31.1. The van der Waals surface area contributed by atoms with Crippen molar-refractivity contribution in [2.24, 2.45) is 35.5 Å². The van der Waals surface area contributed by atoms with Crippen LogP contribution in [0, 0.1) is 55.4 Å². The molecule has 2 fully saturated rings. The molecule has 0 radical (unpaired) electrons. The van der Waals surface area contributed by atoms with Crippen molar-refractivity contribution < 1.29 is 56.9 Å². The largest absolute Gasteiger partial charge is 0.463 e. The van der Waals surface area contributed by atoms with Gasteiger partial charge in [0, 0.05) is 26.8 Å². The van der Waals surface area contributed by atoms with Crippen molar-refractivity contribution in [2.45, 2.75) is 137 Å². The molecule has 12 atom stereocenters. The van der Waals surface area contributed by atoms with Gasteiger partial charge in [-0.25, -0.2) is 9.13 Å². The number of aliphatic hydroxyl groups is 2. The molecule has 4 unspecified atom stereocenters. The summed E-state index contributed by atoms with van der Waals surface area (Å²) in [4.78, 5) is 39.5. The molecule has 454 valence electrons. The number of ether oxygens (including phenoxy) is 5. The number of hydrogen-bond donors (Lipinski definition) is 2. The number of hydrogen-bond acceptors (Lipinski definition) is 16. The molecule has 2 saturated heterocycles. The highest BCUT2D eigenvalue weighted by Crippen LogP contribution is 2.42. The second-order valence-electron chi connectivity index (χ2n) is 21.1. The van der Waals surface area contributed by atoms with Crippen molar-refractivity contribution in [1.82, 2.24) is 0 Å². The number of benzene rings is 6. The summed E-state index contributed by atoms with van der Waals surface area (Å²) < 4.78 is 59.5. The van der Waals surface area contributed by atoms with Gasteiger partial charge < -0.3 is 33.9 Å². The van der Waals surface area contributed by atoms with E-state index in [9.17, 15) is 24.1 Å². The zero-order valence-electron chi connectivity index (χ0n) is 49.2. The second-order valence-corrected chi connectivity index (χ2v) is 21.9. The number of esters is 1. The first-order valence-electron chi connectivity index (χ1n) is 28.3. The monoisotopic (exact) mass is 1190 g/mol. The molecular formula is C66H84O16P2. The fraction of sp³-hybridized carbons (Fsp3) is 0.439. The third-order valence-electron chi connectivity index (χ3n) is 15.2. The van der Waals surface area contributed by atoms with E-state index >= 15 is 0 Å². The first kappa shape index (κ1) is 72.1. The molecule has 2 aliphatic heterocycles. The molecule has 6 aromatic carbocycles. The van der Waals surface area contributed by atoms with Crippen molar-refractivity contribution in [3.05, 3.63) is 235 Å². The van der Waals surface area contributed by atoms with Gasteiger partial charge in [0.1, 0.15) is 18.8 Å². The van der Waals surface area contributed by atoms with E-state index in [0.29, 0.717) is 44.2 Å². The predicted octanol–water partition coefficient (Wildman–Crippen LogP) is 14.6. The molecule has 2 N–H and O–H groups in total. The molecular weight excluding hydrogens is 1110 g/mol. The lowest BCUT2D eigenvalue weighted by atomic mass is 9.75. The van der Waals surface area contributed by atoms with Gasteiger partial charge in [-0.3, -0.25) is 13.8 Å². The van der Waals surface area contributed by atoms with Gasteiger partial charge in [0.2, 0.25) is 5.79 Å². The molecule has 0 aliphatic carbocycles. The molecule has 0 amide bonds. The van der Waals surface area contributed by atoms with E-state index in [-0.39, 0.29) is 72.1 Å². The lowest BCUT2D eigenvalue weighted by molar-refractivity contribution is -0.352. The van der Waals surface area contributed by atoms with Gasteiger partial charge >= 0.3 is 23.3 Å². The second kappa shape index (κ2) is 41.8. The van der Waals surface area contributed by atoms with Crippen LogP contribution in [0.15, 0.2) is 182 Å². The third kappa shape index (κ3) is 25.6. The Morgan fingerprint density at radius 2 is 0.857 bits per heavy atom. The van der Waals surface area contributed by atoms with E-state index in [2.05, 4.69) is 117 Å². The van der Waals surface area contributed by atoms with E-state index in [4.69, 9.17) is 43.5 Å². The van der Waals surface area contributed by atoms with Gasteiger partial charge in [0.15, 0.2) is 0 Å². The van der Waals surface area contributed by atoms with Gasteiger partial charge in [-0.15, -0.1) is 0 Å². The van der Waals surface area contributed by atoms with Crippen molar-refractivity contribution in [1.29, 1.82) is 0 Å². The van der Waals surface area contributed by atoms with Crippen LogP contribution >= 0.6 is 17.4 Å². The predicted molar refractivity (Wildman–Crippen MR) is 328 cm³/mol. The molecule has 0 saturated carbocycles. The summed E-state index contributed by atoms with van der Waals surface area (Å²) in [6.07, 6.45) is 3.03. The van der Waals surface area contributed by atoms with Crippen LogP contribution in [0.25, 0.3) is 0 Å². The van der Waals surface area contributed by atoms with E-state index in [1.165, 1.54) is 18.1 Å². The molecule has 0 bridgehead atoms. The van der Waals surface area contributed by atoms with Crippen LogP contribution in [-0.4, -0.2) is 65.7 Å². The first-order chi connectivity index (χ1) is 40.8.